The molecule has 3 nitrogen and oxygen atoms in total. The molecule has 0 heterocycles. The molecule has 1 saturated carbocycles. The van der Waals surface area contributed by atoms with Crippen molar-refractivity contribution in [2.45, 2.75) is 51.6 Å². The van der Waals surface area contributed by atoms with E-state index in [9.17, 15) is 4.79 Å². The fourth-order valence-corrected chi connectivity index (χ4v) is 2.66. The molecule has 0 saturated heterocycles. The number of nitrogen functional groups attached to an aromatic ring is 1. The number of ether oxygens (including phenoxy) is 1. The summed E-state index contributed by atoms with van der Waals surface area (Å²) in [6.07, 6.45) is 2.80. The second-order valence-corrected chi connectivity index (χ2v) is 7.37. The standard InChI is InChI=1S/C16H22BrNO2/c1-16(2,3)20-15(19)9-12(10-4-5-10)11-6-7-13(17)14(18)8-11/h6-8,10,12H,4-5,9,18H2,1-3H3. The molecule has 1 unspecified atom stereocenters. The van der Waals surface area contributed by atoms with Crippen molar-refractivity contribution in [3.8, 4) is 0 Å². The molecule has 2 rings (SSSR count). The first-order valence-electron chi connectivity index (χ1n) is 7.03. The number of anilines is 1. The molecule has 0 spiro atoms. The third kappa shape index (κ3) is 4.23. The molecule has 1 aromatic rings. The van der Waals surface area contributed by atoms with Gasteiger partial charge < -0.3 is 10.5 Å². The second kappa shape index (κ2) is 5.76. The van der Waals surface area contributed by atoms with Crippen molar-refractivity contribution in [1.29, 1.82) is 0 Å². The molecular weight excluding hydrogens is 318 g/mol. The molecule has 4 heteroatoms. The number of hydrogen-bond donors (Lipinski definition) is 1. The minimum absolute atomic E-state index is 0.129. The molecule has 1 aliphatic rings. The lowest BCUT2D eigenvalue weighted by Crippen LogP contribution is -2.25. The van der Waals surface area contributed by atoms with Crippen LogP contribution < -0.4 is 5.73 Å². The highest BCUT2D eigenvalue weighted by atomic mass is 79.9. The van der Waals surface area contributed by atoms with Crippen molar-refractivity contribution in [3.05, 3.63) is 28.2 Å². The number of carbonyl (C=O) groups excluding carboxylic acids is 1. The first-order chi connectivity index (χ1) is 9.26. The number of carbonyl (C=O) groups is 1. The molecule has 1 aromatic carbocycles. The van der Waals surface area contributed by atoms with Crippen molar-refractivity contribution < 1.29 is 9.53 Å². The van der Waals surface area contributed by atoms with Crippen LogP contribution in [-0.4, -0.2) is 11.6 Å². The van der Waals surface area contributed by atoms with E-state index < -0.39 is 5.60 Å². The number of esters is 1. The minimum atomic E-state index is -0.427. The largest absolute Gasteiger partial charge is 0.460 e. The Labute approximate surface area is 129 Å². The molecule has 0 radical (unpaired) electrons. The first-order valence-corrected chi connectivity index (χ1v) is 7.82. The number of halogens is 1. The predicted octanol–water partition coefficient (Wildman–Crippen LogP) is 4.26. The first kappa shape index (κ1) is 15.4. The van der Waals surface area contributed by atoms with E-state index in [1.165, 1.54) is 12.8 Å². The van der Waals surface area contributed by atoms with E-state index in [1.807, 2.05) is 39.0 Å². The van der Waals surface area contributed by atoms with Crippen molar-refractivity contribution in [1.82, 2.24) is 0 Å². The molecule has 0 bridgehead atoms. The quantitative estimate of drug-likeness (QED) is 0.658. The van der Waals surface area contributed by atoms with Gasteiger partial charge in [-0.2, -0.15) is 0 Å². The van der Waals surface area contributed by atoms with Crippen LogP contribution in [0.4, 0.5) is 5.69 Å². The van der Waals surface area contributed by atoms with Gasteiger partial charge in [-0.25, -0.2) is 0 Å². The number of rotatable bonds is 4. The van der Waals surface area contributed by atoms with Gasteiger partial charge in [0.2, 0.25) is 0 Å². The SMILES string of the molecule is CC(C)(C)OC(=O)CC(c1ccc(Br)c(N)c1)C1CC1. The zero-order valence-corrected chi connectivity index (χ0v) is 13.9. The normalized spacial score (nSPS) is 16.8. The van der Waals surface area contributed by atoms with E-state index in [1.54, 1.807) is 0 Å². The third-order valence-corrected chi connectivity index (χ3v) is 4.17. The van der Waals surface area contributed by atoms with Gasteiger partial charge in [0, 0.05) is 10.2 Å². The summed E-state index contributed by atoms with van der Waals surface area (Å²) in [6, 6.07) is 5.97. The van der Waals surface area contributed by atoms with Gasteiger partial charge in [0.15, 0.2) is 0 Å². The Balaban J connectivity index is 2.11. The number of hydrogen-bond acceptors (Lipinski definition) is 3. The molecular formula is C16H22BrNO2. The number of nitrogens with two attached hydrogens (primary N) is 1. The fourth-order valence-electron chi connectivity index (χ4n) is 2.41. The summed E-state index contributed by atoms with van der Waals surface area (Å²) in [5.74, 6) is 0.680. The molecule has 0 aliphatic heterocycles. The van der Waals surface area contributed by atoms with Gasteiger partial charge in [-0.3, -0.25) is 4.79 Å². The summed E-state index contributed by atoms with van der Waals surface area (Å²) in [4.78, 5) is 12.1. The summed E-state index contributed by atoms with van der Waals surface area (Å²) < 4.78 is 6.34. The monoisotopic (exact) mass is 339 g/mol. The zero-order valence-electron chi connectivity index (χ0n) is 12.3. The molecule has 2 N–H and O–H groups in total. The molecule has 1 aliphatic carbocycles. The summed E-state index contributed by atoms with van der Waals surface area (Å²) in [5.41, 5.74) is 7.38. The lowest BCUT2D eigenvalue weighted by atomic mass is 9.90. The van der Waals surface area contributed by atoms with E-state index in [4.69, 9.17) is 10.5 Å². The molecule has 0 aromatic heterocycles. The average molecular weight is 340 g/mol. The lowest BCUT2D eigenvalue weighted by molar-refractivity contribution is -0.155. The van der Waals surface area contributed by atoms with Gasteiger partial charge in [-0.05, 0) is 79.1 Å². The fraction of sp³-hybridized carbons (Fsp3) is 0.562. The Morgan fingerprint density at radius 1 is 1.45 bits per heavy atom. The van der Waals surface area contributed by atoms with Crippen LogP contribution in [0.5, 0.6) is 0 Å². The van der Waals surface area contributed by atoms with Crippen molar-refractivity contribution in [3.63, 3.8) is 0 Å². The molecule has 110 valence electrons. The Bertz CT molecular complexity index is 504. The van der Waals surface area contributed by atoms with Crippen LogP contribution in [0.15, 0.2) is 22.7 Å². The predicted molar refractivity (Wildman–Crippen MR) is 84.5 cm³/mol. The molecule has 1 atom stereocenters. The smallest absolute Gasteiger partial charge is 0.306 e. The lowest BCUT2D eigenvalue weighted by Gasteiger charge is -2.22. The molecule has 0 amide bonds. The van der Waals surface area contributed by atoms with Crippen LogP contribution in [0.2, 0.25) is 0 Å². The van der Waals surface area contributed by atoms with Crippen molar-refractivity contribution >= 4 is 27.6 Å². The maximum atomic E-state index is 12.1. The third-order valence-electron chi connectivity index (χ3n) is 3.45. The summed E-state index contributed by atoms with van der Waals surface area (Å²) in [7, 11) is 0. The van der Waals surface area contributed by atoms with Gasteiger partial charge in [0.25, 0.3) is 0 Å². The van der Waals surface area contributed by atoms with Crippen LogP contribution >= 0.6 is 15.9 Å². The summed E-state index contributed by atoms with van der Waals surface area (Å²) in [5, 5.41) is 0. The minimum Gasteiger partial charge on any atom is -0.460 e. The Hall–Kier alpha value is -1.03. The van der Waals surface area contributed by atoms with Gasteiger partial charge in [0.1, 0.15) is 5.60 Å². The van der Waals surface area contributed by atoms with Gasteiger partial charge in [-0.15, -0.1) is 0 Å². The topological polar surface area (TPSA) is 52.3 Å². The van der Waals surface area contributed by atoms with E-state index >= 15 is 0 Å². The van der Waals surface area contributed by atoms with E-state index in [2.05, 4.69) is 15.9 Å². The number of benzene rings is 1. The maximum Gasteiger partial charge on any atom is 0.306 e. The second-order valence-electron chi connectivity index (χ2n) is 6.52. The van der Waals surface area contributed by atoms with Crippen molar-refractivity contribution in [2.24, 2.45) is 5.92 Å². The Morgan fingerprint density at radius 3 is 2.60 bits per heavy atom. The molecule has 20 heavy (non-hydrogen) atoms. The molecule has 1 fully saturated rings. The Kier molecular flexibility index (Phi) is 4.43. The van der Waals surface area contributed by atoms with Crippen LogP contribution in [0.3, 0.4) is 0 Å². The average Bonchev–Trinajstić information content (AvgIpc) is 3.11. The highest BCUT2D eigenvalue weighted by molar-refractivity contribution is 9.10. The van der Waals surface area contributed by atoms with Crippen LogP contribution in [-0.2, 0) is 9.53 Å². The zero-order chi connectivity index (χ0) is 14.9. The van der Waals surface area contributed by atoms with Crippen LogP contribution in [0.1, 0.15) is 51.5 Å². The Morgan fingerprint density at radius 2 is 2.10 bits per heavy atom. The highest BCUT2D eigenvalue weighted by Gasteiger charge is 2.35. The summed E-state index contributed by atoms with van der Waals surface area (Å²) in [6.45, 7) is 5.69. The van der Waals surface area contributed by atoms with Gasteiger partial charge >= 0.3 is 5.97 Å². The van der Waals surface area contributed by atoms with E-state index in [0.717, 1.165) is 15.7 Å². The van der Waals surface area contributed by atoms with E-state index in [0.29, 0.717) is 12.3 Å². The van der Waals surface area contributed by atoms with Crippen molar-refractivity contribution in [2.75, 3.05) is 5.73 Å². The van der Waals surface area contributed by atoms with Crippen LogP contribution in [0, 0.1) is 5.92 Å². The summed E-state index contributed by atoms with van der Waals surface area (Å²) >= 11 is 3.41. The van der Waals surface area contributed by atoms with E-state index in [-0.39, 0.29) is 11.9 Å². The highest BCUT2D eigenvalue weighted by Crippen LogP contribution is 2.45. The van der Waals surface area contributed by atoms with Gasteiger partial charge in [0.05, 0.1) is 6.42 Å². The maximum absolute atomic E-state index is 12.1. The van der Waals surface area contributed by atoms with Crippen LogP contribution in [0.25, 0.3) is 0 Å². The van der Waals surface area contributed by atoms with Gasteiger partial charge in [-0.1, -0.05) is 6.07 Å².